The van der Waals surface area contributed by atoms with Gasteiger partial charge in [0.25, 0.3) is 0 Å². The van der Waals surface area contributed by atoms with E-state index in [4.69, 9.17) is 4.74 Å². The van der Waals surface area contributed by atoms with Gasteiger partial charge in [-0.2, -0.15) is 4.31 Å². The van der Waals surface area contributed by atoms with Gasteiger partial charge >= 0.3 is 0 Å². The molecular weight excluding hydrogens is 262 g/mol. The van der Waals surface area contributed by atoms with Crippen LogP contribution in [-0.2, 0) is 14.8 Å². The predicted octanol–water partition coefficient (Wildman–Crippen LogP) is 2.18. The van der Waals surface area contributed by atoms with Gasteiger partial charge in [0.1, 0.15) is 0 Å². The SMILES string of the molecule is CCOC1CCCN(S(=O)(=O)c2ccccc2C)C1. The first kappa shape index (κ1) is 14.5. The van der Waals surface area contributed by atoms with Crippen LogP contribution < -0.4 is 0 Å². The Hall–Kier alpha value is -0.910. The molecule has 0 amide bonds. The minimum absolute atomic E-state index is 0.0255. The molecule has 2 rings (SSSR count). The molecule has 106 valence electrons. The fourth-order valence-corrected chi connectivity index (χ4v) is 4.22. The quantitative estimate of drug-likeness (QED) is 0.851. The molecule has 1 fully saturated rings. The molecule has 0 aliphatic carbocycles. The van der Waals surface area contributed by atoms with Crippen molar-refractivity contribution in [3.05, 3.63) is 29.8 Å². The smallest absolute Gasteiger partial charge is 0.243 e. The Kier molecular flexibility index (Phi) is 4.60. The zero-order chi connectivity index (χ0) is 13.9. The fraction of sp³-hybridized carbons (Fsp3) is 0.571. The summed E-state index contributed by atoms with van der Waals surface area (Å²) in [6.07, 6.45) is 1.82. The van der Waals surface area contributed by atoms with Gasteiger partial charge in [-0.3, -0.25) is 0 Å². The molecule has 1 heterocycles. The van der Waals surface area contributed by atoms with E-state index in [-0.39, 0.29) is 6.10 Å². The van der Waals surface area contributed by atoms with Crippen molar-refractivity contribution in [3.8, 4) is 0 Å². The van der Waals surface area contributed by atoms with Gasteiger partial charge in [0.2, 0.25) is 10.0 Å². The molecule has 1 aliphatic rings. The summed E-state index contributed by atoms with van der Waals surface area (Å²) in [6.45, 7) is 5.44. The van der Waals surface area contributed by atoms with Gasteiger partial charge in [-0.25, -0.2) is 8.42 Å². The van der Waals surface area contributed by atoms with Crippen LogP contribution in [0.15, 0.2) is 29.2 Å². The second-order valence-corrected chi connectivity index (χ2v) is 6.75. The largest absolute Gasteiger partial charge is 0.377 e. The van der Waals surface area contributed by atoms with Crippen molar-refractivity contribution in [2.45, 2.75) is 37.7 Å². The topological polar surface area (TPSA) is 46.6 Å². The Balaban J connectivity index is 2.22. The minimum Gasteiger partial charge on any atom is -0.377 e. The molecule has 0 aromatic heterocycles. The van der Waals surface area contributed by atoms with Crippen LogP contribution in [0.1, 0.15) is 25.3 Å². The van der Waals surface area contributed by atoms with E-state index in [1.807, 2.05) is 26.0 Å². The molecule has 0 N–H and O–H groups in total. The Morgan fingerprint density at radius 1 is 1.37 bits per heavy atom. The highest BCUT2D eigenvalue weighted by molar-refractivity contribution is 7.89. The Bertz CT molecular complexity index is 525. The second-order valence-electron chi connectivity index (χ2n) is 4.85. The summed E-state index contributed by atoms with van der Waals surface area (Å²) >= 11 is 0. The first-order valence-electron chi connectivity index (χ1n) is 6.73. The summed E-state index contributed by atoms with van der Waals surface area (Å²) in [5.41, 5.74) is 0.793. The molecule has 1 saturated heterocycles. The summed E-state index contributed by atoms with van der Waals surface area (Å²) in [4.78, 5) is 0.409. The lowest BCUT2D eigenvalue weighted by Gasteiger charge is -2.32. The Morgan fingerprint density at radius 2 is 2.11 bits per heavy atom. The molecule has 1 aromatic rings. The van der Waals surface area contributed by atoms with Gasteiger partial charge in [0.05, 0.1) is 11.0 Å². The number of hydrogen-bond acceptors (Lipinski definition) is 3. The molecule has 5 heteroatoms. The van der Waals surface area contributed by atoms with Gasteiger partial charge in [-0.05, 0) is 38.3 Å². The Labute approximate surface area is 115 Å². The molecule has 19 heavy (non-hydrogen) atoms. The van der Waals surface area contributed by atoms with E-state index in [9.17, 15) is 8.42 Å². The van der Waals surface area contributed by atoms with Crippen molar-refractivity contribution in [2.24, 2.45) is 0 Å². The molecule has 1 unspecified atom stereocenters. The van der Waals surface area contributed by atoms with Crippen molar-refractivity contribution in [1.29, 1.82) is 0 Å². The number of rotatable bonds is 4. The lowest BCUT2D eigenvalue weighted by molar-refractivity contribution is 0.0265. The Morgan fingerprint density at radius 3 is 2.79 bits per heavy atom. The lowest BCUT2D eigenvalue weighted by atomic mass is 10.1. The number of aryl methyl sites for hydroxylation is 1. The van der Waals surface area contributed by atoms with Crippen LogP contribution in [0.25, 0.3) is 0 Å². The maximum Gasteiger partial charge on any atom is 0.243 e. The number of hydrogen-bond donors (Lipinski definition) is 0. The average Bonchev–Trinajstić information content (AvgIpc) is 2.40. The van der Waals surface area contributed by atoms with E-state index < -0.39 is 10.0 Å². The van der Waals surface area contributed by atoms with Crippen LogP contribution in [0.5, 0.6) is 0 Å². The van der Waals surface area contributed by atoms with Crippen LogP contribution >= 0.6 is 0 Å². The van der Waals surface area contributed by atoms with E-state index in [1.165, 1.54) is 0 Å². The molecule has 1 aliphatic heterocycles. The van der Waals surface area contributed by atoms with Crippen molar-refractivity contribution >= 4 is 10.0 Å². The summed E-state index contributed by atoms with van der Waals surface area (Å²) in [6, 6.07) is 7.13. The van der Waals surface area contributed by atoms with Gasteiger partial charge in [0, 0.05) is 19.7 Å². The standard InChI is InChI=1S/C14H21NO3S/c1-3-18-13-8-6-10-15(11-13)19(16,17)14-9-5-4-7-12(14)2/h4-5,7,9,13H,3,6,8,10-11H2,1-2H3. The summed E-state index contributed by atoms with van der Waals surface area (Å²) < 4.78 is 32.4. The van der Waals surface area contributed by atoms with Gasteiger partial charge in [0.15, 0.2) is 0 Å². The molecule has 0 bridgehead atoms. The van der Waals surface area contributed by atoms with Crippen molar-refractivity contribution in [1.82, 2.24) is 4.31 Å². The molecule has 0 saturated carbocycles. The third-order valence-electron chi connectivity index (χ3n) is 3.45. The number of piperidine rings is 1. The minimum atomic E-state index is -3.39. The highest BCUT2D eigenvalue weighted by Gasteiger charge is 2.31. The average molecular weight is 283 g/mol. The lowest BCUT2D eigenvalue weighted by Crippen LogP contribution is -2.43. The summed E-state index contributed by atoms with van der Waals surface area (Å²) in [7, 11) is -3.39. The van der Waals surface area contributed by atoms with Crippen LogP contribution in [0.3, 0.4) is 0 Å². The van der Waals surface area contributed by atoms with Crippen molar-refractivity contribution in [2.75, 3.05) is 19.7 Å². The van der Waals surface area contributed by atoms with Crippen molar-refractivity contribution < 1.29 is 13.2 Å². The molecular formula is C14H21NO3S. The van der Waals surface area contributed by atoms with Gasteiger partial charge in [-0.15, -0.1) is 0 Å². The highest BCUT2D eigenvalue weighted by Crippen LogP contribution is 2.24. The third-order valence-corrected chi connectivity index (χ3v) is 5.48. The number of benzene rings is 1. The van der Waals surface area contributed by atoms with Crippen LogP contribution in [0, 0.1) is 6.92 Å². The maximum atomic E-state index is 12.6. The monoisotopic (exact) mass is 283 g/mol. The predicted molar refractivity (Wildman–Crippen MR) is 74.6 cm³/mol. The zero-order valence-corrected chi connectivity index (χ0v) is 12.3. The summed E-state index contributed by atoms with van der Waals surface area (Å²) in [5.74, 6) is 0. The fourth-order valence-electron chi connectivity index (χ4n) is 2.48. The molecule has 1 aromatic carbocycles. The van der Waals surface area contributed by atoms with E-state index in [2.05, 4.69) is 0 Å². The van der Waals surface area contributed by atoms with Gasteiger partial charge in [-0.1, -0.05) is 18.2 Å². The van der Waals surface area contributed by atoms with E-state index in [1.54, 1.807) is 16.4 Å². The number of ether oxygens (including phenoxy) is 1. The van der Waals surface area contributed by atoms with E-state index >= 15 is 0 Å². The second kappa shape index (κ2) is 6.03. The zero-order valence-electron chi connectivity index (χ0n) is 11.5. The highest BCUT2D eigenvalue weighted by atomic mass is 32.2. The van der Waals surface area contributed by atoms with Crippen LogP contribution in [0.4, 0.5) is 0 Å². The molecule has 0 spiro atoms. The number of sulfonamides is 1. The first-order chi connectivity index (χ1) is 9.05. The molecule has 4 nitrogen and oxygen atoms in total. The van der Waals surface area contributed by atoms with Crippen molar-refractivity contribution in [3.63, 3.8) is 0 Å². The summed E-state index contributed by atoms with van der Waals surface area (Å²) in [5, 5.41) is 0. The molecule has 0 radical (unpaired) electrons. The normalized spacial score (nSPS) is 21.5. The van der Waals surface area contributed by atoms with E-state index in [0.29, 0.717) is 24.6 Å². The first-order valence-corrected chi connectivity index (χ1v) is 8.17. The van der Waals surface area contributed by atoms with Crippen LogP contribution in [-0.4, -0.2) is 38.5 Å². The maximum absolute atomic E-state index is 12.6. The van der Waals surface area contributed by atoms with E-state index in [0.717, 1.165) is 18.4 Å². The van der Waals surface area contributed by atoms with Crippen LogP contribution in [0.2, 0.25) is 0 Å². The molecule has 1 atom stereocenters. The van der Waals surface area contributed by atoms with Gasteiger partial charge < -0.3 is 4.74 Å². The number of nitrogens with zero attached hydrogens (tertiary/aromatic N) is 1. The third kappa shape index (κ3) is 3.16.